The van der Waals surface area contributed by atoms with E-state index in [1.165, 1.54) is 11.1 Å². The Kier molecular flexibility index (Phi) is 5.59. The van der Waals surface area contributed by atoms with Crippen LogP contribution < -0.4 is 5.32 Å². The Labute approximate surface area is 132 Å². The van der Waals surface area contributed by atoms with Gasteiger partial charge in [-0.1, -0.05) is 24.0 Å². The van der Waals surface area contributed by atoms with Gasteiger partial charge in [-0.05, 0) is 38.0 Å². The largest absolute Gasteiger partial charge is 0.449 e. The van der Waals surface area contributed by atoms with E-state index in [9.17, 15) is 4.79 Å². The number of benzene rings is 1. The molecule has 4 nitrogen and oxygen atoms in total. The average Bonchev–Trinajstić information content (AvgIpc) is 2.48. The van der Waals surface area contributed by atoms with Crippen molar-refractivity contribution in [3.8, 4) is 11.8 Å². The molecule has 0 aliphatic carbocycles. The van der Waals surface area contributed by atoms with Gasteiger partial charge in [0.05, 0.1) is 0 Å². The van der Waals surface area contributed by atoms with Gasteiger partial charge < -0.3 is 10.1 Å². The maximum Gasteiger partial charge on any atom is 0.294 e. The number of rotatable bonds is 4. The van der Waals surface area contributed by atoms with Crippen LogP contribution in [-0.4, -0.2) is 43.2 Å². The van der Waals surface area contributed by atoms with Crippen molar-refractivity contribution in [3.05, 3.63) is 34.9 Å². The molecule has 0 bridgehead atoms. The van der Waals surface area contributed by atoms with Crippen LogP contribution in [0.5, 0.6) is 0 Å². The van der Waals surface area contributed by atoms with Gasteiger partial charge in [0.25, 0.3) is 6.47 Å². The normalized spacial score (nSPS) is 15.8. The fourth-order valence-electron chi connectivity index (χ4n) is 2.42. The van der Waals surface area contributed by atoms with Gasteiger partial charge in [-0.25, -0.2) is 0 Å². The lowest BCUT2D eigenvalue weighted by Crippen LogP contribution is -2.43. The van der Waals surface area contributed by atoms with Crippen molar-refractivity contribution in [1.82, 2.24) is 10.2 Å². The summed E-state index contributed by atoms with van der Waals surface area (Å²) in [5.41, 5.74) is 2.66. The Morgan fingerprint density at radius 3 is 2.77 bits per heavy atom. The maximum atomic E-state index is 10.5. The summed E-state index contributed by atoms with van der Waals surface area (Å²) in [5.74, 6) is 6.24. The van der Waals surface area contributed by atoms with Crippen molar-refractivity contribution in [2.24, 2.45) is 0 Å². The molecule has 2 rings (SSSR count). The predicted octanol–water partition coefficient (Wildman–Crippen LogP) is 1.70. The molecule has 0 aromatic heterocycles. The molecule has 0 spiro atoms. The van der Waals surface area contributed by atoms with Crippen LogP contribution in [0.25, 0.3) is 0 Å². The van der Waals surface area contributed by atoms with Crippen molar-refractivity contribution >= 4 is 6.47 Å². The summed E-state index contributed by atoms with van der Waals surface area (Å²) < 4.78 is 5.00. The predicted molar refractivity (Wildman–Crippen MR) is 87.4 cm³/mol. The van der Waals surface area contributed by atoms with Gasteiger partial charge in [0.2, 0.25) is 0 Å². The first-order valence-corrected chi connectivity index (χ1v) is 7.67. The molecule has 1 aliphatic heterocycles. The van der Waals surface area contributed by atoms with Gasteiger partial charge in [-0.3, -0.25) is 9.69 Å². The van der Waals surface area contributed by atoms with Gasteiger partial charge in [-0.2, -0.15) is 0 Å². The molecule has 1 heterocycles. The van der Waals surface area contributed by atoms with Crippen LogP contribution in [0.1, 0.15) is 30.5 Å². The summed E-state index contributed by atoms with van der Waals surface area (Å²) >= 11 is 0. The SMILES string of the molecule is Cc1ccc(CN2CCNCC2)c(C#CC(C)(C)OC=O)c1. The molecule has 0 unspecified atom stereocenters. The first-order chi connectivity index (χ1) is 10.5. The van der Waals surface area contributed by atoms with Crippen LogP contribution in [0, 0.1) is 18.8 Å². The molecule has 4 heteroatoms. The minimum atomic E-state index is -0.766. The Bertz CT molecular complexity index is 578. The number of nitrogens with one attached hydrogen (secondary N) is 1. The zero-order valence-corrected chi connectivity index (χ0v) is 13.6. The van der Waals surface area contributed by atoms with E-state index in [-0.39, 0.29) is 0 Å². The van der Waals surface area contributed by atoms with Crippen LogP contribution in [0.2, 0.25) is 0 Å². The Balaban J connectivity index is 2.20. The van der Waals surface area contributed by atoms with E-state index in [4.69, 9.17) is 4.74 Å². The number of piperazine rings is 1. The number of hydrogen-bond donors (Lipinski definition) is 1. The van der Waals surface area contributed by atoms with E-state index >= 15 is 0 Å². The molecule has 0 saturated carbocycles. The smallest absolute Gasteiger partial charge is 0.294 e. The van der Waals surface area contributed by atoms with E-state index in [1.807, 2.05) is 0 Å². The fraction of sp³-hybridized carbons (Fsp3) is 0.500. The first-order valence-electron chi connectivity index (χ1n) is 7.67. The third-order valence-corrected chi connectivity index (χ3v) is 3.71. The van der Waals surface area contributed by atoms with Crippen molar-refractivity contribution < 1.29 is 9.53 Å². The van der Waals surface area contributed by atoms with E-state index in [0.29, 0.717) is 6.47 Å². The van der Waals surface area contributed by atoms with Crippen LogP contribution in [-0.2, 0) is 16.1 Å². The van der Waals surface area contributed by atoms with Crippen LogP contribution in [0.15, 0.2) is 18.2 Å². The van der Waals surface area contributed by atoms with Crippen LogP contribution in [0.4, 0.5) is 0 Å². The second kappa shape index (κ2) is 7.44. The molecular weight excluding hydrogens is 276 g/mol. The molecule has 0 amide bonds. The number of carbonyl (C=O) groups excluding carboxylic acids is 1. The van der Waals surface area contributed by atoms with Crippen LogP contribution >= 0.6 is 0 Å². The van der Waals surface area contributed by atoms with E-state index < -0.39 is 5.60 Å². The first kappa shape index (κ1) is 16.5. The number of carbonyl (C=O) groups is 1. The minimum absolute atomic E-state index is 0.451. The molecule has 0 radical (unpaired) electrons. The second-order valence-corrected chi connectivity index (χ2v) is 6.16. The molecule has 1 saturated heterocycles. The number of nitrogens with zero attached hydrogens (tertiary/aromatic N) is 1. The van der Waals surface area contributed by atoms with Crippen molar-refractivity contribution in [2.75, 3.05) is 26.2 Å². The fourth-order valence-corrected chi connectivity index (χ4v) is 2.42. The molecule has 1 N–H and O–H groups in total. The highest BCUT2D eigenvalue weighted by Crippen LogP contribution is 2.15. The van der Waals surface area contributed by atoms with Crippen molar-refractivity contribution in [2.45, 2.75) is 32.9 Å². The standard InChI is InChI=1S/C18H24N2O2/c1-15-4-5-17(13-20-10-8-19-9-11-20)16(12-15)6-7-18(2,3)22-14-21/h4-5,12,14,19H,8-11,13H2,1-3H3. The zero-order valence-electron chi connectivity index (χ0n) is 13.6. The van der Waals surface area contributed by atoms with Gasteiger partial charge in [0.15, 0.2) is 5.60 Å². The van der Waals surface area contributed by atoms with Gasteiger partial charge in [0.1, 0.15) is 0 Å². The Morgan fingerprint density at radius 2 is 2.09 bits per heavy atom. The Hall–Kier alpha value is -1.83. The topological polar surface area (TPSA) is 41.6 Å². The average molecular weight is 300 g/mol. The van der Waals surface area contributed by atoms with Gasteiger partial charge in [-0.15, -0.1) is 0 Å². The lowest BCUT2D eigenvalue weighted by molar-refractivity contribution is -0.135. The number of hydrogen-bond acceptors (Lipinski definition) is 4. The molecule has 1 aromatic carbocycles. The van der Waals surface area contributed by atoms with Crippen molar-refractivity contribution in [1.29, 1.82) is 0 Å². The quantitative estimate of drug-likeness (QED) is 0.679. The van der Waals surface area contributed by atoms with Crippen molar-refractivity contribution in [3.63, 3.8) is 0 Å². The highest BCUT2D eigenvalue weighted by molar-refractivity contribution is 5.46. The maximum absolute atomic E-state index is 10.5. The summed E-state index contributed by atoms with van der Waals surface area (Å²) in [6, 6.07) is 6.37. The highest BCUT2D eigenvalue weighted by Gasteiger charge is 2.15. The van der Waals surface area contributed by atoms with Gasteiger partial charge in [0, 0.05) is 38.3 Å². The van der Waals surface area contributed by atoms with E-state index in [1.54, 1.807) is 13.8 Å². The third-order valence-electron chi connectivity index (χ3n) is 3.71. The summed E-state index contributed by atoms with van der Waals surface area (Å²) in [4.78, 5) is 12.9. The Morgan fingerprint density at radius 1 is 1.36 bits per heavy atom. The molecule has 22 heavy (non-hydrogen) atoms. The van der Waals surface area contributed by atoms with E-state index in [0.717, 1.165) is 38.3 Å². The highest BCUT2D eigenvalue weighted by atomic mass is 16.5. The summed E-state index contributed by atoms with van der Waals surface area (Å²) in [5, 5.41) is 3.36. The van der Waals surface area contributed by atoms with Crippen LogP contribution in [0.3, 0.4) is 0 Å². The summed E-state index contributed by atoms with van der Waals surface area (Å²) in [7, 11) is 0. The second-order valence-electron chi connectivity index (χ2n) is 6.16. The third kappa shape index (κ3) is 4.87. The molecule has 118 valence electrons. The van der Waals surface area contributed by atoms with E-state index in [2.05, 4.69) is 47.2 Å². The lowest BCUT2D eigenvalue weighted by Gasteiger charge is -2.27. The minimum Gasteiger partial charge on any atom is -0.449 e. The summed E-state index contributed by atoms with van der Waals surface area (Å²) in [6.07, 6.45) is 0. The molecule has 1 fully saturated rings. The number of aryl methyl sites for hydroxylation is 1. The number of ether oxygens (including phenoxy) is 1. The zero-order chi connectivity index (χ0) is 16.0. The molecule has 0 atom stereocenters. The van der Waals surface area contributed by atoms with Gasteiger partial charge >= 0.3 is 0 Å². The molecule has 1 aliphatic rings. The molecule has 1 aromatic rings. The molecular formula is C18H24N2O2. The summed E-state index contributed by atoms with van der Waals surface area (Å²) in [6.45, 7) is 11.2. The lowest BCUT2D eigenvalue weighted by atomic mass is 10.0. The monoisotopic (exact) mass is 300 g/mol.